The molecule has 0 atom stereocenters. The van der Waals surface area contributed by atoms with Crippen molar-refractivity contribution in [1.82, 2.24) is 4.98 Å². The third-order valence-corrected chi connectivity index (χ3v) is 3.58. The Kier molecular flexibility index (Phi) is 4.20. The van der Waals surface area contributed by atoms with Crippen LogP contribution in [0.2, 0.25) is 0 Å². The number of para-hydroxylation sites is 2. The van der Waals surface area contributed by atoms with Crippen LogP contribution in [-0.4, -0.2) is 43.5 Å². The summed E-state index contributed by atoms with van der Waals surface area (Å²) in [5, 5.41) is 2.89. The highest BCUT2D eigenvalue weighted by atomic mass is 16.5. The number of rotatable bonds is 4. The molecular weight excluding hydrogens is 282 g/mol. The Hall–Kier alpha value is -2.60. The van der Waals surface area contributed by atoms with Crippen LogP contribution in [0, 0.1) is 0 Å². The molecule has 6 nitrogen and oxygen atoms in total. The minimum Gasteiger partial charge on any atom is -0.378 e. The molecular formula is C16H17N3O3. The van der Waals surface area contributed by atoms with Crippen LogP contribution in [0.5, 0.6) is 0 Å². The summed E-state index contributed by atoms with van der Waals surface area (Å²) in [5.74, 6) is -0.270. The number of H-pyrrole nitrogens is 1. The number of benzene rings is 1. The molecule has 3 rings (SSSR count). The molecule has 2 heterocycles. The van der Waals surface area contributed by atoms with E-state index < -0.39 is 0 Å². The Morgan fingerprint density at radius 2 is 1.95 bits per heavy atom. The van der Waals surface area contributed by atoms with Crippen molar-refractivity contribution < 1.29 is 14.3 Å². The van der Waals surface area contributed by atoms with Crippen LogP contribution in [-0.2, 0) is 4.74 Å². The maximum absolute atomic E-state index is 12.3. The number of nitrogens with zero attached hydrogens (tertiary/aromatic N) is 1. The SMILES string of the molecule is O=Cc1ccc(C(=O)Nc2ccccc2N2CCOCC2)[nH]1. The van der Waals surface area contributed by atoms with Gasteiger partial charge in [-0.05, 0) is 24.3 Å². The highest BCUT2D eigenvalue weighted by Crippen LogP contribution is 2.26. The van der Waals surface area contributed by atoms with E-state index in [4.69, 9.17) is 4.74 Å². The summed E-state index contributed by atoms with van der Waals surface area (Å²) in [5.41, 5.74) is 2.46. The highest BCUT2D eigenvalue weighted by Gasteiger charge is 2.16. The number of carbonyl (C=O) groups is 2. The molecule has 1 aromatic heterocycles. The second-order valence-electron chi connectivity index (χ2n) is 5.02. The molecule has 1 aliphatic heterocycles. The molecule has 0 unspecified atom stereocenters. The molecule has 1 amide bonds. The molecule has 0 radical (unpaired) electrons. The average molecular weight is 299 g/mol. The number of nitrogens with one attached hydrogen (secondary N) is 2. The fourth-order valence-electron chi connectivity index (χ4n) is 2.46. The first-order valence-electron chi connectivity index (χ1n) is 7.15. The smallest absolute Gasteiger partial charge is 0.272 e. The van der Waals surface area contributed by atoms with Gasteiger partial charge in [-0.2, -0.15) is 0 Å². The molecule has 0 spiro atoms. The zero-order chi connectivity index (χ0) is 15.4. The van der Waals surface area contributed by atoms with Gasteiger partial charge in [0.1, 0.15) is 5.69 Å². The fraction of sp³-hybridized carbons (Fsp3) is 0.250. The number of carbonyl (C=O) groups excluding carboxylic acids is 2. The van der Waals surface area contributed by atoms with Crippen LogP contribution in [0.4, 0.5) is 11.4 Å². The van der Waals surface area contributed by atoms with Gasteiger partial charge in [0, 0.05) is 13.1 Å². The predicted molar refractivity (Wildman–Crippen MR) is 83.6 cm³/mol. The van der Waals surface area contributed by atoms with Crippen molar-refractivity contribution in [3.63, 3.8) is 0 Å². The molecule has 0 saturated carbocycles. The van der Waals surface area contributed by atoms with E-state index in [9.17, 15) is 9.59 Å². The molecule has 0 bridgehead atoms. The van der Waals surface area contributed by atoms with Crippen LogP contribution in [0.25, 0.3) is 0 Å². The maximum atomic E-state index is 12.3. The summed E-state index contributed by atoms with van der Waals surface area (Å²) in [7, 11) is 0. The maximum Gasteiger partial charge on any atom is 0.272 e. The summed E-state index contributed by atoms with van der Waals surface area (Å²) in [6.07, 6.45) is 0.679. The van der Waals surface area contributed by atoms with Crippen molar-refractivity contribution in [2.24, 2.45) is 0 Å². The van der Waals surface area contributed by atoms with Gasteiger partial charge < -0.3 is 19.9 Å². The lowest BCUT2D eigenvalue weighted by Gasteiger charge is -2.30. The summed E-state index contributed by atoms with van der Waals surface area (Å²) < 4.78 is 5.36. The van der Waals surface area contributed by atoms with Gasteiger partial charge in [0.15, 0.2) is 6.29 Å². The zero-order valence-electron chi connectivity index (χ0n) is 12.0. The molecule has 2 aromatic rings. The fourth-order valence-corrected chi connectivity index (χ4v) is 2.46. The van der Waals surface area contributed by atoms with Crippen LogP contribution in [0.15, 0.2) is 36.4 Å². The highest BCUT2D eigenvalue weighted by molar-refractivity contribution is 6.05. The van der Waals surface area contributed by atoms with Gasteiger partial charge in [-0.15, -0.1) is 0 Å². The van der Waals surface area contributed by atoms with E-state index in [-0.39, 0.29) is 5.91 Å². The molecule has 22 heavy (non-hydrogen) atoms. The van der Waals surface area contributed by atoms with Gasteiger partial charge in [0.25, 0.3) is 5.91 Å². The van der Waals surface area contributed by atoms with Gasteiger partial charge >= 0.3 is 0 Å². The van der Waals surface area contributed by atoms with Crippen LogP contribution >= 0.6 is 0 Å². The molecule has 1 aliphatic rings. The van der Waals surface area contributed by atoms with E-state index >= 15 is 0 Å². The summed E-state index contributed by atoms with van der Waals surface area (Å²) in [6, 6.07) is 10.8. The first-order valence-corrected chi connectivity index (χ1v) is 7.15. The number of aromatic amines is 1. The van der Waals surface area contributed by atoms with Crippen molar-refractivity contribution in [1.29, 1.82) is 0 Å². The molecule has 1 aromatic carbocycles. The quantitative estimate of drug-likeness (QED) is 0.846. The summed E-state index contributed by atoms with van der Waals surface area (Å²) >= 11 is 0. The van der Waals surface area contributed by atoms with Gasteiger partial charge in [-0.1, -0.05) is 12.1 Å². The topological polar surface area (TPSA) is 74.4 Å². The largest absolute Gasteiger partial charge is 0.378 e. The Labute approximate surface area is 128 Å². The first kappa shape index (κ1) is 14.3. The Morgan fingerprint density at radius 3 is 2.68 bits per heavy atom. The molecule has 0 aliphatic carbocycles. The minimum atomic E-state index is -0.270. The van der Waals surface area contributed by atoms with Crippen molar-refractivity contribution in [3.8, 4) is 0 Å². The van der Waals surface area contributed by atoms with Gasteiger partial charge in [0.05, 0.1) is 30.3 Å². The number of aldehydes is 1. The van der Waals surface area contributed by atoms with Crippen LogP contribution < -0.4 is 10.2 Å². The lowest BCUT2D eigenvalue weighted by molar-refractivity contribution is 0.102. The lowest BCUT2D eigenvalue weighted by Crippen LogP contribution is -2.36. The zero-order valence-corrected chi connectivity index (χ0v) is 12.0. The number of amides is 1. The van der Waals surface area contributed by atoms with E-state index in [0.717, 1.165) is 24.5 Å². The Balaban J connectivity index is 1.79. The summed E-state index contributed by atoms with van der Waals surface area (Å²) in [6.45, 7) is 2.96. The van der Waals surface area contributed by atoms with Crippen molar-refractivity contribution in [2.45, 2.75) is 0 Å². The third kappa shape index (κ3) is 3.01. The van der Waals surface area contributed by atoms with E-state index in [1.165, 1.54) is 0 Å². The van der Waals surface area contributed by atoms with Crippen LogP contribution in [0.3, 0.4) is 0 Å². The average Bonchev–Trinajstić information content (AvgIpc) is 3.05. The third-order valence-electron chi connectivity index (χ3n) is 3.58. The number of ether oxygens (including phenoxy) is 1. The van der Waals surface area contributed by atoms with Crippen molar-refractivity contribution >= 4 is 23.6 Å². The van der Waals surface area contributed by atoms with Gasteiger partial charge in [-0.25, -0.2) is 0 Å². The molecule has 6 heteroatoms. The number of anilines is 2. The number of hydrogen-bond donors (Lipinski definition) is 2. The second kappa shape index (κ2) is 6.44. The normalized spacial score (nSPS) is 14.6. The van der Waals surface area contributed by atoms with Crippen molar-refractivity contribution in [3.05, 3.63) is 47.8 Å². The number of morpholine rings is 1. The number of aromatic nitrogens is 1. The lowest BCUT2D eigenvalue weighted by atomic mass is 10.2. The second-order valence-corrected chi connectivity index (χ2v) is 5.02. The van der Waals surface area contributed by atoms with E-state index in [1.54, 1.807) is 12.1 Å². The first-order chi connectivity index (χ1) is 10.8. The van der Waals surface area contributed by atoms with Crippen LogP contribution in [0.1, 0.15) is 21.0 Å². The Morgan fingerprint density at radius 1 is 1.18 bits per heavy atom. The monoisotopic (exact) mass is 299 g/mol. The predicted octanol–water partition coefficient (Wildman–Crippen LogP) is 1.92. The van der Waals surface area contributed by atoms with Gasteiger partial charge in [-0.3, -0.25) is 9.59 Å². The molecule has 2 N–H and O–H groups in total. The number of hydrogen-bond acceptors (Lipinski definition) is 4. The van der Waals surface area contributed by atoms with E-state index in [2.05, 4.69) is 15.2 Å². The standard InChI is InChI=1S/C16H17N3O3/c20-11-12-5-6-14(17-12)16(21)18-13-3-1-2-4-15(13)19-7-9-22-10-8-19/h1-6,11,17H,7-10H2,(H,18,21). The van der Waals surface area contributed by atoms with E-state index in [1.807, 2.05) is 24.3 Å². The summed E-state index contributed by atoms with van der Waals surface area (Å²) in [4.78, 5) is 27.9. The Bertz CT molecular complexity index is 675. The van der Waals surface area contributed by atoms with Gasteiger partial charge in [0.2, 0.25) is 0 Å². The van der Waals surface area contributed by atoms with E-state index in [0.29, 0.717) is 30.9 Å². The molecule has 1 saturated heterocycles. The molecule has 1 fully saturated rings. The minimum absolute atomic E-state index is 0.270. The molecule has 114 valence electrons. The van der Waals surface area contributed by atoms with Crippen molar-refractivity contribution in [2.75, 3.05) is 36.5 Å².